The quantitative estimate of drug-likeness (QED) is 0.796. The first-order chi connectivity index (χ1) is 11.3. The van der Waals surface area contributed by atoms with E-state index in [2.05, 4.69) is 33.8 Å². The highest BCUT2D eigenvalue weighted by atomic mass is 16.5. The minimum atomic E-state index is -0.945. The molecule has 4 nitrogen and oxygen atoms in total. The highest BCUT2D eigenvalue weighted by molar-refractivity contribution is 5.87. The molecule has 0 aromatic heterocycles. The average Bonchev–Trinajstić information content (AvgIpc) is 2.52. The molecule has 4 heteroatoms. The van der Waals surface area contributed by atoms with E-state index in [9.17, 15) is 4.79 Å². The van der Waals surface area contributed by atoms with Crippen LogP contribution in [0.25, 0.3) is 0 Å². The summed E-state index contributed by atoms with van der Waals surface area (Å²) in [6.07, 6.45) is 0. The summed E-state index contributed by atoms with van der Waals surface area (Å²) in [5, 5.41) is 8.87. The summed E-state index contributed by atoms with van der Waals surface area (Å²) in [6.45, 7) is 9.37. The second-order valence-corrected chi connectivity index (χ2v) is 6.78. The van der Waals surface area contributed by atoms with Crippen molar-refractivity contribution in [2.75, 3.05) is 13.2 Å². The van der Waals surface area contributed by atoms with Crippen LogP contribution in [0.15, 0.2) is 42.5 Å². The first-order valence-corrected chi connectivity index (χ1v) is 7.97. The van der Waals surface area contributed by atoms with Crippen LogP contribution in [0.5, 0.6) is 11.5 Å². The van der Waals surface area contributed by atoms with Gasteiger partial charge in [0.15, 0.2) is 0 Å². The van der Waals surface area contributed by atoms with Crippen LogP contribution in [0.3, 0.4) is 0 Å². The zero-order valence-electron chi connectivity index (χ0n) is 14.6. The second kappa shape index (κ2) is 7.39. The van der Waals surface area contributed by atoms with E-state index in [-0.39, 0.29) is 11.0 Å². The van der Waals surface area contributed by atoms with E-state index in [0.717, 1.165) is 5.75 Å². The highest BCUT2D eigenvalue weighted by Crippen LogP contribution is 2.32. The Hall–Kier alpha value is -2.49. The summed E-state index contributed by atoms with van der Waals surface area (Å²) in [5.74, 6) is 0.556. The van der Waals surface area contributed by atoms with Gasteiger partial charge in [0.1, 0.15) is 24.7 Å². The van der Waals surface area contributed by atoms with Gasteiger partial charge >= 0.3 is 5.97 Å². The minimum Gasteiger partial charge on any atom is -0.490 e. The van der Waals surface area contributed by atoms with Crippen molar-refractivity contribution in [3.8, 4) is 11.5 Å². The SMILES string of the molecule is Cc1ccc(OCCOc2ccc(C(=O)O)cc2)c(C(C)(C)C)c1. The number of aromatic carboxylic acids is 1. The number of hydrogen-bond donors (Lipinski definition) is 1. The standard InChI is InChI=1S/C20H24O4/c1-14-5-10-18(17(13-14)20(2,3)4)24-12-11-23-16-8-6-15(7-9-16)19(21)22/h5-10,13H,11-12H2,1-4H3,(H,21,22). The van der Waals surface area contributed by atoms with Crippen LogP contribution in [0.1, 0.15) is 42.3 Å². The van der Waals surface area contributed by atoms with Crippen molar-refractivity contribution < 1.29 is 19.4 Å². The molecule has 0 saturated carbocycles. The van der Waals surface area contributed by atoms with Gasteiger partial charge in [-0.15, -0.1) is 0 Å². The molecular weight excluding hydrogens is 304 g/mol. The summed E-state index contributed by atoms with van der Waals surface area (Å²) < 4.78 is 11.5. The summed E-state index contributed by atoms with van der Waals surface area (Å²) >= 11 is 0. The number of ether oxygens (including phenoxy) is 2. The van der Waals surface area contributed by atoms with Crippen molar-refractivity contribution in [2.45, 2.75) is 33.1 Å². The number of carboxylic acids is 1. The number of benzene rings is 2. The van der Waals surface area contributed by atoms with Gasteiger partial charge in [0, 0.05) is 0 Å². The number of rotatable bonds is 6. The molecule has 0 unspecified atom stereocenters. The largest absolute Gasteiger partial charge is 0.490 e. The number of carbonyl (C=O) groups is 1. The van der Waals surface area contributed by atoms with Crippen LogP contribution in [-0.2, 0) is 5.41 Å². The molecule has 0 bridgehead atoms. The Balaban J connectivity index is 1.92. The van der Waals surface area contributed by atoms with Gasteiger partial charge < -0.3 is 14.6 Å². The lowest BCUT2D eigenvalue weighted by Gasteiger charge is -2.23. The van der Waals surface area contributed by atoms with Crippen molar-refractivity contribution in [2.24, 2.45) is 0 Å². The molecule has 24 heavy (non-hydrogen) atoms. The van der Waals surface area contributed by atoms with Gasteiger partial charge in [-0.1, -0.05) is 38.5 Å². The normalized spacial score (nSPS) is 11.2. The summed E-state index contributed by atoms with van der Waals surface area (Å²) in [5.41, 5.74) is 2.64. The van der Waals surface area contributed by atoms with Gasteiger partial charge in [0.05, 0.1) is 5.56 Å². The third-order valence-corrected chi connectivity index (χ3v) is 3.65. The number of aryl methyl sites for hydroxylation is 1. The third-order valence-electron chi connectivity index (χ3n) is 3.65. The zero-order chi connectivity index (χ0) is 17.7. The lowest BCUT2D eigenvalue weighted by atomic mass is 9.85. The van der Waals surface area contributed by atoms with Crippen molar-refractivity contribution in [1.82, 2.24) is 0 Å². The van der Waals surface area contributed by atoms with E-state index < -0.39 is 5.97 Å². The van der Waals surface area contributed by atoms with E-state index in [1.54, 1.807) is 12.1 Å². The van der Waals surface area contributed by atoms with Crippen LogP contribution in [0.4, 0.5) is 0 Å². The summed E-state index contributed by atoms with van der Waals surface area (Å²) in [4.78, 5) is 10.8. The van der Waals surface area contributed by atoms with Gasteiger partial charge in [0.2, 0.25) is 0 Å². The molecule has 0 spiro atoms. The summed E-state index contributed by atoms with van der Waals surface area (Å²) in [7, 11) is 0. The number of carboxylic acid groups (broad SMARTS) is 1. The molecule has 1 N–H and O–H groups in total. The Bertz CT molecular complexity index is 697. The van der Waals surface area contributed by atoms with Gasteiger partial charge in [-0.25, -0.2) is 4.79 Å². The van der Waals surface area contributed by atoms with Crippen molar-refractivity contribution in [1.29, 1.82) is 0 Å². The van der Waals surface area contributed by atoms with Crippen molar-refractivity contribution in [3.05, 3.63) is 59.2 Å². The Kier molecular flexibility index (Phi) is 5.50. The smallest absolute Gasteiger partial charge is 0.335 e. The van der Waals surface area contributed by atoms with E-state index in [0.29, 0.717) is 19.0 Å². The highest BCUT2D eigenvalue weighted by Gasteiger charge is 2.19. The van der Waals surface area contributed by atoms with Gasteiger partial charge in [0.25, 0.3) is 0 Å². The Labute approximate surface area is 143 Å². The monoisotopic (exact) mass is 328 g/mol. The molecule has 2 aromatic carbocycles. The van der Waals surface area contributed by atoms with Crippen LogP contribution >= 0.6 is 0 Å². The fraction of sp³-hybridized carbons (Fsp3) is 0.350. The molecule has 0 saturated heterocycles. The first-order valence-electron chi connectivity index (χ1n) is 7.97. The fourth-order valence-corrected chi connectivity index (χ4v) is 2.36. The zero-order valence-corrected chi connectivity index (χ0v) is 14.6. The predicted molar refractivity (Wildman–Crippen MR) is 94.3 cm³/mol. The molecule has 0 fully saturated rings. The van der Waals surface area contributed by atoms with Gasteiger partial charge in [-0.3, -0.25) is 0 Å². The van der Waals surface area contributed by atoms with E-state index >= 15 is 0 Å². The topological polar surface area (TPSA) is 55.8 Å². The molecule has 0 aliphatic carbocycles. The van der Waals surface area contributed by atoms with Gasteiger partial charge in [-0.2, -0.15) is 0 Å². The van der Waals surface area contributed by atoms with Crippen LogP contribution in [0.2, 0.25) is 0 Å². The molecule has 0 heterocycles. The van der Waals surface area contributed by atoms with Crippen LogP contribution in [-0.4, -0.2) is 24.3 Å². The molecule has 0 atom stereocenters. The van der Waals surface area contributed by atoms with E-state index in [1.807, 2.05) is 12.1 Å². The predicted octanol–water partition coefficient (Wildman–Crippen LogP) is 4.45. The van der Waals surface area contributed by atoms with Crippen molar-refractivity contribution >= 4 is 5.97 Å². The molecule has 2 rings (SSSR count). The fourth-order valence-electron chi connectivity index (χ4n) is 2.36. The maximum absolute atomic E-state index is 10.8. The van der Waals surface area contributed by atoms with Gasteiger partial charge in [-0.05, 0) is 48.2 Å². The number of hydrogen-bond acceptors (Lipinski definition) is 3. The lowest BCUT2D eigenvalue weighted by molar-refractivity contribution is 0.0697. The third kappa shape index (κ3) is 4.75. The maximum Gasteiger partial charge on any atom is 0.335 e. The van der Waals surface area contributed by atoms with Crippen molar-refractivity contribution in [3.63, 3.8) is 0 Å². The average molecular weight is 328 g/mol. The Morgan fingerprint density at radius 3 is 2.21 bits per heavy atom. The van der Waals surface area contributed by atoms with E-state index in [4.69, 9.17) is 14.6 Å². The first kappa shape index (κ1) is 17.9. The van der Waals surface area contributed by atoms with E-state index in [1.165, 1.54) is 23.3 Å². The van der Waals surface area contributed by atoms with Crippen LogP contribution < -0.4 is 9.47 Å². The lowest BCUT2D eigenvalue weighted by Crippen LogP contribution is -2.16. The maximum atomic E-state index is 10.8. The molecule has 0 aliphatic heterocycles. The molecular formula is C20H24O4. The molecule has 128 valence electrons. The van der Waals surface area contributed by atoms with Crippen LogP contribution in [0, 0.1) is 6.92 Å². The summed E-state index contributed by atoms with van der Waals surface area (Å²) in [6, 6.07) is 12.5. The molecule has 2 aromatic rings. The second-order valence-electron chi connectivity index (χ2n) is 6.78. The molecule has 0 aliphatic rings. The Morgan fingerprint density at radius 1 is 1.00 bits per heavy atom. The Morgan fingerprint density at radius 2 is 1.62 bits per heavy atom. The minimum absolute atomic E-state index is 0.00880. The molecule has 0 radical (unpaired) electrons. The molecule has 0 amide bonds.